The number of amides is 1. The number of rotatable bonds is 4. The summed E-state index contributed by atoms with van der Waals surface area (Å²) < 4.78 is 71.5. The van der Waals surface area contributed by atoms with Crippen LogP contribution in [0.15, 0.2) is 36.4 Å². The molecule has 6 nitrogen and oxygen atoms in total. The number of methoxy groups -OCH3 is 1. The lowest BCUT2D eigenvalue weighted by Gasteiger charge is -2.20. The Hall–Kier alpha value is -3.24. The van der Waals surface area contributed by atoms with Crippen LogP contribution in [0, 0.1) is 6.92 Å². The minimum Gasteiger partial charge on any atom is -0.497 e. The molecule has 0 spiro atoms. The van der Waals surface area contributed by atoms with Gasteiger partial charge in [-0.2, -0.15) is 27.1 Å². The minimum atomic E-state index is -5.83. The van der Waals surface area contributed by atoms with Crippen LogP contribution < -0.4 is 10.1 Å². The summed E-state index contributed by atoms with van der Waals surface area (Å²) in [5.41, 5.74) is -1.87. The summed E-state index contributed by atoms with van der Waals surface area (Å²) in [7, 11) is 1.43. The van der Waals surface area contributed by atoms with Crippen molar-refractivity contribution in [2.75, 3.05) is 12.4 Å². The average molecular weight is 400 g/mol. The summed E-state index contributed by atoms with van der Waals surface area (Å²) in [5, 5.41) is 6.07. The fraction of sp³-hybridized carbons (Fsp3) is 0.235. The Kier molecular flexibility index (Phi) is 4.69. The highest BCUT2D eigenvalue weighted by molar-refractivity contribution is 6.03. The van der Waals surface area contributed by atoms with Gasteiger partial charge in [-0.05, 0) is 25.1 Å². The van der Waals surface area contributed by atoms with Gasteiger partial charge >= 0.3 is 12.1 Å². The van der Waals surface area contributed by atoms with Crippen molar-refractivity contribution in [3.05, 3.63) is 53.5 Å². The lowest BCUT2D eigenvalue weighted by molar-refractivity contribution is -0.291. The molecule has 148 valence electrons. The van der Waals surface area contributed by atoms with E-state index >= 15 is 0 Å². The van der Waals surface area contributed by atoms with Crippen LogP contribution in [-0.4, -0.2) is 33.8 Å². The lowest BCUT2D eigenvalue weighted by Crippen LogP contribution is -2.36. The maximum Gasteiger partial charge on any atom is 0.459 e. The number of nitrogens with one attached hydrogen (secondary N) is 1. The largest absolute Gasteiger partial charge is 0.497 e. The number of hydrogen-bond acceptors (Lipinski definition) is 4. The van der Waals surface area contributed by atoms with Gasteiger partial charge in [-0.15, -0.1) is 0 Å². The molecule has 3 aromatic rings. The third-order valence-corrected chi connectivity index (χ3v) is 3.79. The van der Waals surface area contributed by atoms with E-state index in [9.17, 15) is 26.7 Å². The molecule has 2 heterocycles. The topological polar surface area (TPSA) is 68.5 Å². The Morgan fingerprint density at radius 3 is 2.50 bits per heavy atom. The molecule has 1 N–H and O–H groups in total. The first-order valence-corrected chi connectivity index (χ1v) is 7.81. The van der Waals surface area contributed by atoms with E-state index in [1.54, 1.807) is 18.2 Å². The van der Waals surface area contributed by atoms with Gasteiger partial charge < -0.3 is 10.1 Å². The quantitative estimate of drug-likeness (QED) is 0.674. The van der Waals surface area contributed by atoms with E-state index in [1.807, 2.05) is 0 Å². The lowest BCUT2D eigenvalue weighted by atomic mass is 10.2. The number of aryl methyl sites for hydroxylation is 1. The van der Waals surface area contributed by atoms with E-state index in [0.29, 0.717) is 22.0 Å². The zero-order valence-corrected chi connectivity index (χ0v) is 14.5. The van der Waals surface area contributed by atoms with Gasteiger partial charge in [0.1, 0.15) is 11.4 Å². The number of anilines is 1. The highest BCUT2D eigenvalue weighted by Crippen LogP contribution is 2.43. The number of carbonyl (C=O) groups is 1. The first-order chi connectivity index (χ1) is 13.0. The molecule has 2 aromatic heterocycles. The Bertz CT molecular complexity index is 1050. The predicted octanol–water partition coefficient (Wildman–Crippen LogP) is 3.95. The van der Waals surface area contributed by atoms with Crippen molar-refractivity contribution in [1.82, 2.24) is 14.6 Å². The number of alkyl halides is 5. The summed E-state index contributed by atoms with van der Waals surface area (Å²) in [6.07, 6.45) is -5.83. The van der Waals surface area contributed by atoms with Crippen molar-refractivity contribution in [1.29, 1.82) is 0 Å². The Morgan fingerprint density at radius 2 is 1.86 bits per heavy atom. The van der Waals surface area contributed by atoms with E-state index in [2.05, 4.69) is 15.4 Å². The maximum absolute atomic E-state index is 13.9. The molecule has 0 unspecified atom stereocenters. The van der Waals surface area contributed by atoms with Crippen LogP contribution >= 0.6 is 0 Å². The fourth-order valence-electron chi connectivity index (χ4n) is 2.48. The van der Waals surface area contributed by atoms with Crippen molar-refractivity contribution in [3.8, 4) is 5.75 Å². The SMILES string of the molecule is COc1cccc(NC(=O)c2cc3nc(C)cc(C(F)(F)C(F)(F)F)n3n2)c1. The molecule has 0 bridgehead atoms. The molecule has 0 aliphatic heterocycles. The number of aromatic nitrogens is 3. The number of hydrogen-bond donors (Lipinski definition) is 1. The second-order valence-corrected chi connectivity index (χ2v) is 5.84. The van der Waals surface area contributed by atoms with Crippen LogP contribution in [0.4, 0.5) is 27.6 Å². The number of benzene rings is 1. The molecule has 0 aliphatic rings. The van der Waals surface area contributed by atoms with E-state index in [4.69, 9.17) is 4.74 Å². The summed E-state index contributed by atoms with van der Waals surface area (Å²) in [5.74, 6) is -5.53. The van der Waals surface area contributed by atoms with Gasteiger partial charge in [0, 0.05) is 23.5 Å². The van der Waals surface area contributed by atoms with Crippen LogP contribution in [0.3, 0.4) is 0 Å². The number of ether oxygens (including phenoxy) is 1. The molecule has 0 aliphatic carbocycles. The van der Waals surface area contributed by atoms with Gasteiger partial charge in [-0.25, -0.2) is 9.50 Å². The standard InChI is InChI=1S/C17H13F5N4O2/c1-9-6-13(16(18,19)17(20,21)22)26-14(23-9)8-12(25-26)15(27)24-10-4-3-5-11(7-10)28-2/h3-8H,1-2H3,(H,24,27). The maximum atomic E-state index is 13.9. The van der Waals surface area contributed by atoms with Crippen molar-refractivity contribution < 1.29 is 31.5 Å². The summed E-state index contributed by atoms with van der Waals surface area (Å²) >= 11 is 0. The molecule has 3 rings (SSSR count). The zero-order chi connectivity index (χ0) is 20.7. The Morgan fingerprint density at radius 1 is 1.14 bits per heavy atom. The molecule has 28 heavy (non-hydrogen) atoms. The average Bonchev–Trinajstić information content (AvgIpc) is 3.04. The Balaban J connectivity index is 2.02. The van der Waals surface area contributed by atoms with E-state index < -0.39 is 23.7 Å². The molecule has 0 radical (unpaired) electrons. The Labute approximate surface area is 154 Å². The van der Waals surface area contributed by atoms with E-state index in [0.717, 1.165) is 6.07 Å². The van der Waals surface area contributed by atoms with Gasteiger partial charge in [0.15, 0.2) is 11.3 Å². The fourth-order valence-corrected chi connectivity index (χ4v) is 2.48. The van der Waals surface area contributed by atoms with Crippen LogP contribution in [0.5, 0.6) is 5.75 Å². The second kappa shape index (κ2) is 6.73. The van der Waals surface area contributed by atoms with Crippen LogP contribution in [0.1, 0.15) is 21.9 Å². The monoisotopic (exact) mass is 400 g/mol. The molecule has 0 saturated carbocycles. The summed E-state index contributed by atoms with van der Waals surface area (Å²) in [4.78, 5) is 16.2. The second-order valence-electron chi connectivity index (χ2n) is 5.84. The van der Waals surface area contributed by atoms with Gasteiger partial charge in [-0.3, -0.25) is 4.79 Å². The first kappa shape index (κ1) is 19.5. The number of carbonyl (C=O) groups excluding carboxylic acids is 1. The smallest absolute Gasteiger partial charge is 0.459 e. The van der Waals surface area contributed by atoms with Crippen molar-refractivity contribution >= 4 is 17.2 Å². The van der Waals surface area contributed by atoms with E-state index in [1.165, 1.54) is 20.1 Å². The van der Waals surface area contributed by atoms with Gasteiger partial charge in [-0.1, -0.05) is 6.07 Å². The molecule has 1 aromatic carbocycles. The highest BCUT2D eigenvalue weighted by atomic mass is 19.4. The van der Waals surface area contributed by atoms with Gasteiger partial charge in [0.25, 0.3) is 5.91 Å². The van der Waals surface area contributed by atoms with Crippen LogP contribution in [0.2, 0.25) is 0 Å². The highest BCUT2D eigenvalue weighted by Gasteiger charge is 2.60. The van der Waals surface area contributed by atoms with Crippen LogP contribution in [-0.2, 0) is 5.92 Å². The van der Waals surface area contributed by atoms with Gasteiger partial charge in [0.2, 0.25) is 0 Å². The summed E-state index contributed by atoms with van der Waals surface area (Å²) in [6.45, 7) is 1.26. The number of fused-ring (bicyclic) bond motifs is 1. The van der Waals surface area contributed by atoms with Crippen molar-refractivity contribution in [3.63, 3.8) is 0 Å². The zero-order valence-electron chi connectivity index (χ0n) is 14.5. The third kappa shape index (κ3) is 3.47. The normalized spacial score (nSPS) is 12.2. The van der Waals surface area contributed by atoms with Gasteiger partial charge in [0.05, 0.1) is 7.11 Å². The summed E-state index contributed by atoms with van der Waals surface area (Å²) in [6, 6.07) is 7.89. The van der Waals surface area contributed by atoms with Crippen molar-refractivity contribution in [2.45, 2.75) is 19.0 Å². The van der Waals surface area contributed by atoms with Crippen LogP contribution in [0.25, 0.3) is 5.65 Å². The predicted molar refractivity (Wildman–Crippen MR) is 88.6 cm³/mol. The molecule has 0 atom stereocenters. The molecular formula is C17H13F5N4O2. The van der Waals surface area contributed by atoms with Crippen molar-refractivity contribution in [2.24, 2.45) is 0 Å². The minimum absolute atomic E-state index is 0.0777. The number of nitrogens with zero attached hydrogens (tertiary/aromatic N) is 3. The molecule has 0 saturated heterocycles. The number of halogens is 5. The molecule has 1 amide bonds. The van der Waals surface area contributed by atoms with E-state index in [-0.39, 0.29) is 17.0 Å². The molecular weight excluding hydrogens is 387 g/mol. The third-order valence-electron chi connectivity index (χ3n) is 3.79. The first-order valence-electron chi connectivity index (χ1n) is 7.81. The molecule has 11 heteroatoms. The molecule has 0 fully saturated rings.